The van der Waals surface area contributed by atoms with Crippen molar-refractivity contribution in [1.82, 2.24) is 4.98 Å². The number of aromatic nitrogens is 1. The molecule has 1 aromatic heterocycles. The molecule has 0 aliphatic carbocycles. The minimum atomic E-state index is 0. The fourth-order valence-electron chi connectivity index (χ4n) is 1.91. The highest BCUT2D eigenvalue weighted by Gasteiger charge is 1.98. The van der Waals surface area contributed by atoms with Crippen LogP contribution in [-0.4, -0.2) is 10.9 Å². The molecule has 21 heavy (non-hydrogen) atoms. The van der Waals surface area contributed by atoms with Crippen molar-refractivity contribution in [3.63, 3.8) is 0 Å². The van der Waals surface area contributed by atoms with Gasteiger partial charge in [0.05, 0.1) is 6.54 Å². The molecule has 0 spiro atoms. The van der Waals surface area contributed by atoms with Crippen LogP contribution in [0.1, 0.15) is 16.7 Å². The molecule has 0 saturated carbocycles. The Balaban J connectivity index is 0.00000220. The van der Waals surface area contributed by atoms with Crippen LogP contribution >= 0.6 is 35.6 Å². The van der Waals surface area contributed by atoms with E-state index in [4.69, 9.17) is 17.3 Å². The molecule has 0 fully saturated rings. The molecule has 2 rings (SSSR count). The molecule has 0 atom stereocenters. The highest BCUT2D eigenvalue weighted by molar-refractivity contribution is 14.0. The lowest BCUT2D eigenvalue weighted by atomic mass is 10.1. The highest BCUT2D eigenvalue weighted by Crippen LogP contribution is 2.13. The third kappa shape index (κ3) is 5.89. The third-order valence-corrected chi connectivity index (χ3v) is 2.94. The first kappa shape index (κ1) is 17.7. The van der Waals surface area contributed by atoms with E-state index >= 15 is 0 Å². The number of guanidine groups is 1. The Kier molecular flexibility index (Phi) is 6.91. The van der Waals surface area contributed by atoms with Gasteiger partial charge in [0.1, 0.15) is 5.15 Å². The van der Waals surface area contributed by atoms with E-state index in [1.165, 1.54) is 11.1 Å². The van der Waals surface area contributed by atoms with Crippen molar-refractivity contribution < 1.29 is 0 Å². The van der Waals surface area contributed by atoms with Crippen LogP contribution in [0.25, 0.3) is 0 Å². The van der Waals surface area contributed by atoms with Crippen LogP contribution in [0.2, 0.25) is 5.15 Å². The number of benzene rings is 1. The fraction of sp³-hybridized carbons (Fsp3) is 0.200. The number of pyridine rings is 1. The maximum absolute atomic E-state index is 5.88. The van der Waals surface area contributed by atoms with E-state index in [0.29, 0.717) is 17.7 Å². The van der Waals surface area contributed by atoms with Crippen LogP contribution in [0.15, 0.2) is 41.5 Å². The number of aryl methyl sites for hydroxylation is 2. The minimum Gasteiger partial charge on any atom is -0.370 e. The normalized spacial score (nSPS) is 10.9. The summed E-state index contributed by atoms with van der Waals surface area (Å²) in [6.45, 7) is 4.56. The molecule has 0 bridgehead atoms. The quantitative estimate of drug-likeness (QED) is 0.345. The molecule has 0 aliphatic rings. The molecule has 6 heteroatoms. The number of rotatable bonds is 3. The zero-order chi connectivity index (χ0) is 14.5. The lowest BCUT2D eigenvalue weighted by molar-refractivity contribution is 1.04. The zero-order valence-electron chi connectivity index (χ0n) is 11.9. The van der Waals surface area contributed by atoms with Crippen molar-refractivity contribution in [3.05, 3.63) is 58.4 Å². The average molecular weight is 417 g/mol. The number of hydrogen-bond donors (Lipinski definition) is 2. The number of hydrogen-bond acceptors (Lipinski definition) is 2. The summed E-state index contributed by atoms with van der Waals surface area (Å²) in [6, 6.07) is 9.78. The Morgan fingerprint density at radius 3 is 2.48 bits per heavy atom. The van der Waals surface area contributed by atoms with E-state index in [-0.39, 0.29) is 24.0 Å². The average Bonchev–Trinajstić information content (AvgIpc) is 2.37. The summed E-state index contributed by atoms with van der Waals surface area (Å²) >= 11 is 5.73. The first-order valence-corrected chi connectivity index (χ1v) is 6.66. The van der Waals surface area contributed by atoms with Crippen molar-refractivity contribution in [2.24, 2.45) is 10.7 Å². The molecule has 1 aromatic carbocycles. The molecule has 0 unspecified atom stereocenters. The number of nitrogens with zero attached hydrogens (tertiary/aromatic N) is 2. The topological polar surface area (TPSA) is 63.3 Å². The Bertz CT molecular complexity index is 606. The third-order valence-electron chi connectivity index (χ3n) is 2.71. The number of halogens is 2. The fourth-order valence-corrected chi connectivity index (χ4v) is 2.02. The van der Waals surface area contributed by atoms with Crippen LogP contribution in [0.4, 0.5) is 5.69 Å². The lowest BCUT2D eigenvalue weighted by Gasteiger charge is -2.08. The van der Waals surface area contributed by atoms with Crippen LogP contribution < -0.4 is 11.1 Å². The SMILES string of the molecule is Cc1cc(C)cc(NC(N)=NCc2ccc(Cl)nc2)c1.I. The maximum Gasteiger partial charge on any atom is 0.193 e. The molecule has 2 aromatic rings. The zero-order valence-corrected chi connectivity index (χ0v) is 15.0. The van der Waals surface area contributed by atoms with Gasteiger partial charge in [-0.05, 0) is 48.7 Å². The van der Waals surface area contributed by atoms with Gasteiger partial charge in [-0.1, -0.05) is 23.7 Å². The number of nitrogens with one attached hydrogen (secondary N) is 1. The predicted octanol–water partition coefficient (Wildman–Crippen LogP) is 3.90. The molecule has 0 radical (unpaired) electrons. The van der Waals surface area contributed by atoms with E-state index in [1.54, 1.807) is 12.3 Å². The van der Waals surface area contributed by atoms with Gasteiger partial charge in [0, 0.05) is 11.9 Å². The Morgan fingerprint density at radius 1 is 1.24 bits per heavy atom. The van der Waals surface area contributed by atoms with Crippen molar-refractivity contribution in [2.45, 2.75) is 20.4 Å². The molecule has 0 aliphatic heterocycles. The van der Waals surface area contributed by atoms with Crippen molar-refractivity contribution in [3.8, 4) is 0 Å². The van der Waals surface area contributed by atoms with E-state index in [9.17, 15) is 0 Å². The van der Waals surface area contributed by atoms with Crippen LogP contribution in [0, 0.1) is 13.8 Å². The van der Waals surface area contributed by atoms with Gasteiger partial charge in [0.2, 0.25) is 0 Å². The molecular formula is C15H18ClIN4. The standard InChI is InChI=1S/C15H17ClN4.HI/c1-10-5-11(2)7-13(6-10)20-15(17)19-9-12-3-4-14(16)18-8-12;/h3-8H,9H2,1-2H3,(H3,17,19,20);1H. The summed E-state index contributed by atoms with van der Waals surface area (Å²) in [7, 11) is 0. The summed E-state index contributed by atoms with van der Waals surface area (Å²) in [5.74, 6) is 0.380. The molecule has 112 valence electrons. The van der Waals surface area contributed by atoms with E-state index < -0.39 is 0 Å². The Morgan fingerprint density at radius 2 is 1.90 bits per heavy atom. The van der Waals surface area contributed by atoms with Gasteiger partial charge in [-0.25, -0.2) is 9.98 Å². The number of nitrogens with two attached hydrogens (primary N) is 1. The maximum atomic E-state index is 5.88. The van der Waals surface area contributed by atoms with Gasteiger partial charge < -0.3 is 11.1 Å². The second-order valence-corrected chi connectivity index (χ2v) is 5.08. The van der Waals surface area contributed by atoms with Crippen LogP contribution in [-0.2, 0) is 6.54 Å². The molecule has 0 amide bonds. The predicted molar refractivity (Wildman–Crippen MR) is 99.5 cm³/mol. The molecule has 1 heterocycles. The molecular weight excluding hydrogens is 399 g/mol. The first-order chi connectivity index (χ1) is 9.52. The number of anilines is 1. The van der Waals surface area contributed by atoms with Gasteiger partial charge >= 0.3 is 0 Å². The summed E-state index contributed by atoms with van der Waals surface area (Å²) in [5, 5.41) is 3.56. The van der Waals surface area contributed by atoms with Crippen LogP contribution in [0.5, 0.6) is 0 Å². The Labute approximate surface area is 146 Å². The van der Waals surface area contributed by atoms with Gasteiger partial charge in [0.15, 0.2) is 5.96 Å². The van der Waals surface area contributed by atoms with Gasteiger partial charge in [0.25, 0.3) is 0 Å². The molecule has 0 saturated heterocycles. The monoisotopic (exact) mass is 416 g/mol. The second kappa shape index (κ2) is 8.19. The lowest BCUT2D eigenvalue weighted by Crippen LogP contribution is -2.22. The van der Waals surface area contributed by atoms with E-state index in [2.05, 4.69) is 21.4 Å². The van der Waals surface area contributed by atoms with Gasteiger partial charge in [-0.15, -0.1) is 24.0 Å². The van der Waals surface area contributed by atoms with Crippen molar-refractivity contribution in [2.75, 3.05) is 5.32 Å². The van der Waals surface area contributed by atoms with Gasteiger partial charge in [-0.3, -0.25) is 0 Å². The largest absolute Gasteiger partial charge is 0.370 e. The minimum absolute atomic E-state index is 0. The van der Waals surface area contributed by atoms with E-state index in [1.807, 2.05) is 32.0 Å². The summed E-state index contributed by atoms with van der Waals surface area (Å²) in [5.41, 5.74) is 10.1. The van der Waals surface area contributed by atoms with Crippen LogP contribution in [0.3, 0.4) is 0 Å². The van der Waals surface area contributed by atoms with E-state index in [0.717, 1.165) is 11.3 Å². The summed E-state index contributed by atoms with van der Waals surface area (Å²) in [4.78, 5) is 8.28. The summed E-state index contributed by atoms with van der Waals surface area (Å²) < 4.78 is 0. The highest BCUT2D eigenvalue weighted by atomic mass is 127. The smallest absolute Gasteiger partial charge is 0.193 e. The first-order valence-electron chi connectivity index (χ1n) is 6.28. The second-order valence-electron chi connectivity index (χ2n) is 4.69. The Hall–Kier alpha value is -1.34. The van der Waals surface area contributed by atoms with Crippen molar-refractivity contribution in [1.29, 1.82) is 0 Å². The molecule has 4 nitrogen and oxygen atoms in total. The molecule has 3 N–H and O–H groups in total. The number of aliphatic imine (C=N–C) groups is 1. The van der Waals surface area contributed by atoms with Crippen molar-refractivity contribution >= 4 is 47.2 Å². The summed E-state index contributed by atoms with van der Waals surface area (Å²) in [6.07, 6.45) is 1.69. The van der Waals surface area contributed by atoms with Gasteiger partial charge in [-0.2, -0.15) is 0 Å².